The SMILES string of the molecule is CC[C@H](NC(=O)CCCN(c1ccc(C)cc1)S(C)(=O)=O)c1ccc2c(c1)CCCC2. The van der Waals surface area contributed by atoms with Gasteiger partial charge in [0, 0.05) is 13.0 Å². The van der Waals surface area contributed by atoms with Crippen LogP contribution in [-0.2, 0) is 27.7 Å². The van der Waals surface area contributed by atoms with Gasteiger partial charge in [-0.1, -0.05) is 42.8 Å². The van der Waals surface area contributed by atoms with E-state index in [9.17, 15) is 13.2 Å². The summed E-state index contributed by atoms with van der Waals surface area (Å²) >= 11 is 0. The number of carbonyl (C=O) groups is 1. The van der Waals surface area contributed by atoms with Crippen LogP contribution in [0.25, 0.3) is 0 Å². The number of hydrogen-bond donors (Lipinski definition) is 1. The summed E-state index contributed by atoms with van der Waals surface area (Å²) in [4.78, 5) is 12.6. The fourth-order valence-corrected chi connectivity index (χ4v) is 5.20. The van der Waals surface area contributed by atoms with Crippen molar-refractivity contribution in [2.45, 2.75) is 64.8 Å². The third-order valence-electron chi connectivity index (χ3n) is 6.01. The van der Waals surface area contributed by atoms with Crippen molar-refractivity contribution in [2.24, 2.45) is 0 Å². The van der Waals surface area contributed by atoms with E-state index in [4.69, 9.17) is 0 Å². The molecule has 6 heteroatoms. The number of nitrogens with zero attached hydrogens (tertiary/aromatic N) is 1. The molecule has 2 aromatic rings. The van der Waals surface area contributed by atoms with E-state index in [-0.39, 0.29) is 18.5 Å². The highest BCUT2D eigenvalue weighted by atomic mass is 32.2. The largest absolute Gasteiger partial charge is 0.349 e. The standard InChI is InChI=1S/C25H34N2O3S/c1-4-24(22-14-13-20-8-5-6-9-21(20)18-22)26-25(28)10-7-17-27(31(3,29)30)23-15-11-19(2)12-16-23/h11-16,18,24H,4-10,17H2,1-3H3,(H,26,28)/t24-/m0/s1. The van der Waals surface area contributed by atoms with E-state index in [1.54, 1.807) is 12.1 Å². The minimum absolute atomic E-state index is 0.0113. The molecule has 31 heavy (non-hydrogen) atoms. The Hall–Kier alpha value is -2.34. The van der Waals surface area contributed by atoms with Crippen LogP contribution in [0.15, 0.2) is 42.5 Å². The van der Waals surface area contributed by atoms with Crippen LogP contribution in [0.2, 0.25) is 0 Å². The Morgan fingerprint density at radius 2 is 1.74 bits per heavy atom. The second-order valence-corrected chi connectivity index (χ2v) is 10.4. The minimum atomic E-state index is -3.41. The van der Waals surface area contributed by atoms with Crippen LogP contribution in [0.5, 0.6) is 0 Å². The maximum atomic E-state index is 12.6. The summed E-state index contributed by atoms with van der Waals surface area (Å²) < 4.78 is 25.9. The molecule has 1 N–H and O–H groups in total. The molecule has 1 atom stereocenters. The zero-order valence-electron chi connectivity index (χ0n) is 18.9. The molecule has 0 unspecified atom stereocenters. The zero-order valence-corrected chi connectivity index (χ0v) is 19.7. The predicted octanol–water partition coefficient (Wildman–Crippen LogP) is 4.69. The second-order valence-electron chi connectivity index (χ2n) is 8.54. The number of carbonyl (C=O) groups excluding carboxylic acids is 1. The molecule has 0 fully saturated rings. The second kappa shape index (κ2) is 10.3. The van der Waals surface area contributed by atoms with Gasteiger partial charge >= 0.3 is 0 Å². The van der Waals surface area contributed by atoms with Gasteiger partial charge in [-0.3, -0.25) is 9.10 Å². The molecule has 2 aromatic carbocycles. The fourth-order valence-electron chi connectivity index (χ4n) is 4.24. The van der Waals surface area contributed by atoms with Crippen molar-refractivity contribution >= 4 is 21.6 Å². The summed E-state index contributed by atoms with van der Waals surface area (Å²) in [6, 6.07) is 14.0. The maximum Gasteiger partial charge on any atom is 0.232 e. The van der Waals surface area contributed by atoms with E-state index >= 15 is 0 Å². The Balaban J connectivity index is 1.58. The van der Waals surface area contributed by atoms with Crippen LogP contribution in [0.4, 0.5) is 5.69 Å². The lowest BCUT2D eigenvalue weighted by atomic mass is 9.89. The van der Waals surface area contributed by atoms with Crippen LogP contribution in [0.1, 0.15) is 67.3 Å². The molecule has 0 bridgehead atoms. The molecule has 5 nitrogen and oxygen atoms in total. The van der Waals surface area contributed by atoms with Crippen molar-refractivity contribution in [2.75, 3.05) is 17.1 Å². The van der Waals surface area contributed by atoms with Crippen LogP contribution >= 0.6 is 0 Å². The van der Waals surface area contributed by atoms with E-state index < -0.39 is 10.0 Å². The Kier molecular flexibility index (Phi) is 7.76. The molecule has 3 rings (SSSR count). The summed E-state index contributed by atoms with van der Waals surface area (Å²) in [5.41, 5.74) is 5.72. The fraction of sp³-hybridized carbons (Fsp3) is 0.480. The van der Waals surface area contributed by atoms with Crippen molar-refractivity contribution in [1.29, 1.82) is 0 Å². The number of nitrogens with one attached hydrogen (secondary N) is 1. The summed E-state index contributed by atoms with van der Waals surface area (Å²) in [6.45, 7) is 4.32. The molecular formula is C25H34N2O3S. The molecule has 0 saturated heterocycles. The van der Waals surface area contributed by atoms with Crippen LogP contribution in [-0.4, -0.2) is 27.1 Å². The van der Waals surface area contributed by atoms with E-state index in [0.29, 0.717) is 18.5 Å². The average Bonchev–Trinajstić information content (AvgIpc) is 2.75. The molecule has 168 valence electrons. The normalized spacial score (nSPS) is 14.5. The van der Waals surface area contributed by atoms with Gasteiger partial charge in [0.25, 0.3) is 0 Å². The van der Waals surface area contributed by atoms with Gasteiger partial charge in [-0.2, -0.15) is 0 Å². The van der Waals surface area contributed by atoms with Gasteiger partial charge in [0.05, 0.1) is 18.0 Å². The number of rotatable bonds is 9. The number of aryl methyl sites for hydroxylation is 3. The molecule has 0 saturated carbocycles. The van der Waals surface area contributed by atoms with Gasteiger partial charge in [0.15, 0.2) is 0 Å². The van der Waals surface area contributed by atoms with Crippen LogP contribution in [0.3, 0.4) is 0 Å². The van der Waals surface area contributed by atoms with E-state index in [1.807, 2.05) is 19.1 Å². The number of fused-ring (bicyclic) bond motifs is 1. The first-order chi connectivity index (χ1) is 14.8. The molecule has 0 heterocycles. The van der Waals surface area contributed by atoms with Gasteiger partial charge in [-0.25, -0.2) is 8.42 Å². The minimum Gasteiger partial charge on any atom is -0.349 e. The Bertz CT molecular complexity index is 1000. The van der Waals surface area contributed by atoms with E-state index in [2.05, 4.69) is 30.4 Å². The third kappa shape index (κ3) is 6.33. The monoisotopic (exact) mass is 442 g/mol. The lowest BCUT2D eigenvalue weighted by Gasteiger charge is -2.23. The zero-order chi connectivity index (χ0) is 22.4. The maximum absolute atomic E-state index is 12.6. The predicted molar refractivity (Wildman–Crippen MR) is 127 cm³/mol. The number of sulfonamides is 1. The van der Waals surface area contributed by atoms with Gasteiger partial charge in [-0.15, -0.1) is 0 Å². The van der Waals surface area contributed by atoms with E-state index in [0.717, 1.165) is 30.4 Å². The first kappa shape index (κ1) is 23.3. The van der Waals surface area contributed by atoms with E-state index in [1.165, 1.54) is 34.5 Å². The first-order valence-electron chi connectivity index (χ1n) is 11.2. The van der Waals surface area contributed by atoms with Crippen molar-refractivity contribution in [3.8, 4) is 0 Å². The van der Waals surface area contributed by atoms with Crippen molar-refractivity contribution in [1.82, 2.24) is 5.32 Å². The first-order valence-corrected chi connectivity index (χ1v) is 13.1. The van der Waals surface area contributed by atoms with Gasteiger partial charge in [-0.05, 0) is 74.3 Å². The third-order valence-corrected chi connectivity index (χ3v) is 7.20. The summed E-state index contributed by atoms with van der Waals surface area (Å²) in [6.07, 6.45) is 7.54. The molecule has 0 aromatic heterocycles. The molecule has 1 aliphatic carbocycles. The summed E-state index contributed by atoms with van der Waals surface area (Å²) in [5, 5.41) is 3.14. The Morgan fingerprint density at radius 1 is 1.06 bits per heavy atom. The van der Waals surface area contributed by atoms with Gasteiger partial charge in [0.1, 0.15) is 0 Å². The lowest BCUT2D eigenvalue weighted by Crippen LogP contribution is -2.33. The highest BCUT2D eigenvalue weighted by Gasteiger charge is 2.19. The van der Waals surface area contributed by atoms with Crippen molar-refractivity contribution in [3.05, 3.63) is 64.7 Å². The lowest BCUT2D eigenvalue weighted by molar-refractivity contribution is -0.121. The Morgan fingerprint density at radius 3 is 2.39 bits per heavy atom. The molecule has 0 spiro atoms. The summed E-state index contributed by atoms with van der Waals surface area (Å²) in [7, 11) is -3.41. The van der Waals surface area contributed by atoms with Crippen LogP contribution in [0, 0.1) is 6.92 Å². The summed E-state index contributed by atoms with van der Waals surface area (Å²) in [5.74, 6) is -0.0399. The number of benzene rings is 2. The Labute approximate surface area is 186 Å². The average molecular weight is 443 g/mol. The van der Waals surface area contributed by atoms with Crippen molar-refractivity contribution in [3.63, 3.8) is 0 Å². The highest BCUT2D eigenvalue weighted by molar-refractivity contribution is 7.92. The molecule has 1 aliphatic rings. The smallest absolute Gasteiger partial charge is 0.232 e. The topological polar surface area (TPSA) is 66.5 Å². The van der Waals surface area contributed by atoms with Crippen LogP contribution < -0.4 is 9.62 Å². The van der Waals surface area contributed by atoms with Gasteiger partial charge < -0.3 is 5.32 Å². The number of amides is 1. The van der Waals surface area contributed by atoms with Gasteiger partial charge in [0.2, 0.25) is 15.9 Å². The number of anilines is 1. The quantitative estimate of drug-likeness (QED) is 0.613. The highest BCUT2D eigenvalue weighted by Crippen LogP contribution is 2.26. The molecular weight excluding hydrogens is 408 g/mol. The molecule has 1 amide bonds. The van der Waals surface area contributed by atoms with Crippen molar-refractivity contribution < 1.29 is 13.2 Å². The molecule has 0 aliphatic heterocycles. The number of hydrogen-bond acceptors (Lipinski definition) is 3. The molecule has 0 radical (unpaired) electrons.